The van der Waals surface area contributed by atoms with Gasteiger partial charge in [0.2, 0.25) is 11.8 Å². The van der Waals surface area contributed by atoms with E-state index in [4.69, 9.17) is 0 Å². The van der Waals surface area contributed by atoms with Crippen molar-refractivity contribution in [2.24, 2.45) is 5.92 Å². The van der Waals surface area contributed by atoms with Crippen LogP contribution in [0.15, 0.2) is 24.3 Å². The molecule has 152 valence electrons. The molecule has 3 fully saturated rings. The molecule has 4 rings (SSSR count). The van der Waals surface area contributed by atoms with Crippen LogP contribution in [0.25, 0.3) is 0 Å². The third kappa shape index (κ3) is 4.22. The molecular weight excluding hydrogens is 357 g/mol. The zero-order chi connectivity index (χ0) is 19.5. The number of benzene rings is 1. The van der Waals surface area contributed by atoms with Crippen molar-refractivity contribution in [3.63, 3.8) is 0 Å². The number of carbonyl (C=O) groups is 2. The van der Waals surface area contributed by atoms with Gasteiger partial charge in [-0.05, 0) is 51.3 Å². The van der Waals surface area contributed by atoms with Gasteiger partial charge in [0, 0.05) is 44.2 Å². The largest absolute Gasteiger partial charge is 0.342 e. The molecule has 1 aromatic rings. The molecule has 3 aliphatic rings. The Morgan fingerprint density at radius 3 is 2.46 bits per heavy atom. The molecule has 2 amide bonds. The lowest BCUT2D eigenvalue weighted by atomic mass is 9.94. The van der Waals surface area contributed by atoms with Crippen molar-refractivity contribution in [2.75, 3.05) is 32.7 Å². The van der Waals surface area contributed by atoms with Crippen LogP contribution in [-0.2, 0) is 16.1 Å². The SMILES string of the molecule is O=C1CCC(C(=O)N2CCC(N3CCCC3)CC2)CN1Cc1ccccc1F. The molecule has 0 bridgehead atoms. The van der Waals surface area contributed by atoms with Gasteiger partial charge in [0.25, 0.3) is 0 Å². The van der Waals surface area contributed by atoms with E-state index < -0.39 is 0 Å². The number of likely N-dealkylation sites (tertiary alicyclic amines) is 3. The summed E-state index contributed by atoms with van der Waals surface area (Å²) in [5.41, 5.74) is 0.510. The zero-order valence-corrected chi connectivity index (χ0v) is 16.5. The van der Waals surface area contributed by atoms with Crippen LogP contribution in [0.3, 0.4) is 0 Å². The maximum atomic E-state index is 14.0. The predicted molar refractivity (Wildman–Crippen MR) is 105 cm³/mol. The molecule has 5 nitrogen and oxygen atoms in total. The third-order valence-electron chi connectivity index (χ3n) is 6.60. The molecule has 0 spiro atoms. The number of hydrogen-bond acceptors (Lipinski definition) is 3. The number of carbonyl (C=O) groups excluding carboxylic acids is 2. The van der Waals surface area contributed by atoms with Gasteiger partial charge >= 0.3 is 0 Å². The standard InChI is InChI=1S/C22H30FN3O2/c23-20-6-2-1-5-17(20)15-26-16-18(7-8-21(26)27)22(28)25-13-9-19(10-14-25)24-11-3-4-12-24/h1-2,5-6,18-19H,3-4,7-16H2. The lowest BCUT2D eigenvalue weighted by Crippen LogP contribution is -2.51. The van der Waals surface area contributed by atoms with Crippen molar-refractivity contribution in [3.05, 3.63) is 35.6 Å². The molecule has 0 N–H and O–H groups in total. The highest BCUT2D eigenvalue weighted by molar-refractivity contribution is 5.84. The van der Waals surface area contributed by atoms with Crippen LogP contribution in [0.2, 0.25) is 0 Å². The minimum atomic E-state index is -0.298. The summed E-state index contributed by atoms with van der Waals surface area (Å²) in [6.07, 6.45) is 5.68. The molecule has 1 unspecified atom stereocenters. The van der Waals surface area contributed by atoms with E-state index in [-0.39, 0.29) is 30.1 Å². The number of amides is 2. The van der Waals surface area contributed by atoms with Crippen molar-refractivity contribution in [3.8, 4) is 0 Å². The van der Waals surface area contributed by atoms with Crippen molar-refractivity contribution in [1.29, 1.82) is 0 Å². The summed E-state index contributed by atoms with van der Waals surface area (Å²) >= 11 is 0. The Morgan fingerprint density at radius 1 is 1.04 bits per heavy atom. The summed E-state index contributed by atoms with van der Waals surface area (Å²) in [4.78, 5) is 31.6. The molecule has 3 aliphatic heterocycles. The summed E-state index contributed by atoms with van der Waals surface area (Å²) in [6.45, 7) is 4.68. The van der Waals surface area contributed by atoms with E-state index in [0.29, 0.717) is 31.0 Å². The van der Waals surface area contributed by atoms with E-state index in [1.54, 1.807) is 23.1 Å². The second-order valence-electron chi connectivity index (χ2n) is 8.40. The molecule has 1 atom stereocenters. The number of rotatable bonds is 4. The normalized spacial score (nSPS) is 24.8. The monoisotopic (exact) mass is 387 g/mol. The molecule has 0 saturated carbocycles. The first-order valence-corrected chi connectivity index (χ1v) is 10.7. The maximum Gasteiger partial charge on any atom is 0.227 e. The first-order chi connectivity index (χ1) is 13.6. The Kier molecular flexibility index (Phi) is 5.95. The maximum absolute atomic E-state index is 14.0. The summed E-state index contributed by atoms with van der Waals surface area (Å²) in [6, 6.07) is 7.17. The fourth-order valence-electron chi connectivity index (χ4n) is 4.92. The van der Waals surface area contributed by atoms with Crippen molar-refractivity contribution < 1.29 is 14.0 Å². The van der Waals surface area contributed by atoms with Crippen molar-refractivity contribution in [2.45, 2.75) is 51.1 Å². The Balaban J connectivity index is 1.33. The van der Waals surface area contributed by atoms with Gasteiger partial charge in [-0.25, -0.2) is 4.39 Å². The summed E-state index contributed by atoms with van der Waals surface area (Å²) in [5.74, 6) is -0.272. The summed E-state index contributed by atoms with van der Waals surface area (Å²) in [5, 5.41) is 0. The van der Waals surface area contributed by atoms with E-state index in [1.807, 2.05) is 4.90 Å². The van der Waals surface area contributed by atoms with E-state index in [1.165, 1.54) is 32.0 Å². The average molecular weight is 387 g/mol. The van der Waals surface area contributed by atoms with Crippen LogP contribution in [0.5, 0.6) is 0 Å². The molecule has 1 aromatic carbocycles. The van der Waals surface area contributed by atoms with E-state index in [9.17, 15) is 14.0 Å². The average Bonchev–Trinajstić information content (AvgIpc) is 3.26. The van der Waals surface area contributed by atoms with Crippen LogP contribution in [0, 0.1) is 11.7 Å². The fourth-order valence-corrected chi connectivity index (χ4v) is 4.92. The molecule has 0 aromatic heterocycles. The number of halogens is 1. The number of piperidine rings is 2. The summed E-state index contributed by atoms with van der Waals surface area (Å²) in [7, 11) is 0. The van der Waals surface area contributed by atoms with Gasteiger partial charge in [0.15, 0.2) is 0 Å². The fraction of sp³-hybridized carbons (Fsp3) is 0.636. The number of hydrogen-bond donors (Lipinski definition) is 0. The number of nitrogens with zero attached hydrogens (tertiary/aromatic N) is 3. The Hall–Kier alpha value is -1.95. The topological polar surface area (TPSA) is 43.9 Å². The van der Waals surface area contributed by atoms with Crippen molar-refractivity contribution >= 4 is 11.8 Å². The van der Waals surface area contributed by atoms with Crippen LogP contribution >= 0.6 is 0 Å². The van der Waals surface area contributed by atoms with Gasteiger partial charge in [0.05, 0.1) is 5.92 Å². The van der Waals surface area contributed by atoms with Crippen molar-refractivity contribution in [1.82, 2.24) is 14.7 Å². The zero-order valence-electron chi connectivity index (χ0n) is 16.5. The molecule has 0 radical (unpaired) electrons. The van der Waals surface area contributed by atoms with Gasteiger partial charge in [0.1, 0.15) is 5.82 Å². The summed E-state index contributed by atoms with van der Waals surface area (Å²) < 4.78 is 14.0. The van der Waals surface area contributed by atoms with E-state index >= 15 is 0 Å². The predicted octanol–water partition coefficient (Wildman–Crippen LogP) is 2.65. The van der Waals surface area contributed by atoms with Crippen LogP contribution in [0.1, 0.15) is 44.1 Å². The van der Waals surface area contributed by atoms with E-state index in [2.05, 4.69) is 4.90 Å². The Bertz CT molecular complexity index is 711. The molecule has 6 heteroatoms. The molecule has 3 heterocycles. The van der Waals surface area contributed by atoms with E-state index in [0.717, 1.165) is 25.9 Å². The first-order valence-electron chi connectivity index (χ1n) is 10.7. The third-order valence-corrected chi connectivity index (χ3v) is 6.60. The highest BCUT2D eigenvalue weighted by Gasteiger charge is 2.35. The second-order valence-corrected chi connectivity index (χ2v) is 8.40. The molecule has 3 saturated heterocycles. The van der Waals surface area contributed by atoms with Gasteiger partial charge in [-0.1, -0.05) is 18.2 Å². The van der Waals surface area contributed by atoms with Crippen LogP contribution in [0.4, 0.5) is 4.39 Å². The lowest BCUT2D eigenvalue weighted by molar-refractivity contribution is -0.144. The van der Waals surface area contributed by atoms with Crippen LogP contribution < -0.4 is 0 Å². The Morgan fingerprint density at radius 2 is 1.75 bits per heavy atom. The van der Waals surface area contributed by atoms with Gasteiger partial charge in [-0.3, -0.25) is 9.59 Å². The Labute approximate surface area is 166 Å². The lowest BCUT2D eigenvalue weighted by Gasteiger charge is -2.39. The highest BCUT2D eigenvalue weighted by Crippen LogP contribution is 2.26. The van der Waals surface area contributed by atoms with Gasteiger partial charge in [-0.15, -0.1) is 0 Å². The first kappa shape index (κ1) is 19.4. The minimum Gasteiger partial charge on any atom is -0.342 e. The smallest absolute Gasteiger partial charge is 0.227 e. The quantitative estimate of drug-likeness (QED) is 0.798. The molecule has 28 heavy (non-hydrogen) atoms. The van der Waals surface area contributed by atoms with Gasteiger partial charge in [-0.2, -0.15) is 0 Å². The molecule has 0 aliphatic carbocycles. The highest BCUT2D eigenvalue weighted by atomic mass is 19.1. The molecular formula is C22H30FN3O2. The second kappa shape index (κ2) is 8.60. The minimum absolute atomic E-state index is 0.0139. The van der Waals surface area contributed by atoms with Crippen LogP contribution in [-0.4, -0.2) is 65.3 Å². The van der Waals surface area contributed by atoms with Gasteiger partial charge < -0.3 is 14.7 Å².